The Labute approximate surface area is 148 Å². The van der Waals surface area contributed by atoms with Crippen LogP contribution in [0.1, 0.15) is 42.9 Å². The highest BCUT2D eigenvalue weighted by molar-refractivity contribution is 7.88. The molecule has 1 aromatic heterocycles. The number of carbonyl (C=O) groups is 1. The highest BCUT2D eigenvalue weighted by atomic mass is 32.2. The van der Waals surface area contributed by atoms with E-state index in [0.717, 1.165) is 12.8 Å². The number of amides is 1. The van der Waals surface area contributed by atoms with Crippen molar-refractivity contribution >= 4 is 15.9 Å². The first-order valence-corrected chi connectivity index (χ1v) is 10.3. The minimum Gasteiger partial charge on any atom is -0.350 e. The Bertz CT molecular complexity index is 773. The summed E-state index contributed by atoms with van der Waals surface area (Å²) < 4.78 is 24.7. The van der Waals surface area contributed by atoms with E-state index in [1.54, 1.807) is 6.07 Å². The van der Waals surface area contributed by atoms with Gasteiger partial charge in [-0.1, -0.05) is 13.8 Å². The van der Waals surface area contributed by atoms with Crippen LogP contribution < -0.4 is 11.0 Å². The van der Waals surface area contributed by atoms with Crippen LogP contribution in [-0.2, 0) is 16.4 Å². The molecular formula is C16H26N4O4S. The van der Waals surface area contributed by atoms with Gasteiger partial charge in [0.25, 0.3) is 5.91 Å². The smallest absolute Gasteiger partial charge is 0.345 e. The van der Waals surface area contributed by atoms with Gasteiger partial charge < -0.3 is 10.3 Å². The average Bonchev–Trinajstić information content (AvgIpc) is 2.51. The van der Waals surface area contributed by atoms with Crippen LogP contribution in [0, 0.1) is 11.8 Å². The van der Waals surface area contributed by atoms with E-state index in [0.29, 0.717) is 37.7 Å². The van der Waals surface area contributed by atoms with E-state index < -0.39 is 21.6 Å². The fourth-order valence-corrected chi connectivity index (χ4v) is 3.94. The molecule has 1 saturated heterocycles. The van der Waals surface area contributed by atoms with E-state index in [1.807, 2.05) is 13.8 Å². The number of hydrogen-bond acceptors (Lipinski definition) is 5. The van der Waals surface area contributed by atoms with Crippen molar-refractivity contribution in [3.8, 4) is 0 Å². The third kappa shape index (κ3) is 5.93. The van der Waals surface area contributed by atoms with Crippen molar-refractivity contribution in [3.05, 3.63) is 27.9 Å². The number of aromatic nitrogens is 2. The number of nitrogens with one attached hydrogen (secondary N) is 2. The molecule has 1 aliphatic rings. The van der Waals surface area contributed by atoms with Crippen LogP contribution in [-0.4, -0.2) is 54.5 Å². The molecule has 25 heavy (non-hydrogen) atoms. The molecular weight excluding hydrogens is 344 g/mol. The molecule has 140 valence electrons. The van der Waals surface area contributed by atoms with Gasteiger partial charge in [-0.2, -0.15) is 4.98 Å². The molecule has 0 unspecified atom stereocenters. The first-order valence-electron chi connectivity index (χ1n) is 8.48. The van der Waals surface area contributed by atoms with Gasteiger partial charge in [0.15, 0.2) is 0 Å². The fraction of sp³-hybridized carbons (Fsp3) is 0.688. The second-order valence-electron chi connectivity index (χ2n) is 7.03. The molecule has 1 atom stereocenters. The summed E-state index contributed by atoms with van der Waals surface area (Å²) in [6, 6.07) is 1.60. The maximum Gasteiger partial charge on any atom is 0.345 e. The average molecular weight is 370 g/mol. The summed E-state index contributed by atoms with van der Waals surface area (Å²) in [4.78, 5) is 30.3. The molecule has 1 fully saturated rings. The van der Waals surface area contributed by atoms with E-state index in [2.05, 4.69) is 15.3 Å². The van der Waals surface area contributed by atoms with Crippen molar-refractivity contribution in [1.82, 2.24) is 19.6 Å². The van der Waals surface area contributed by atoms with Crippen molar-refractivity contribution < 1.29 is 13.2 Å². The summed E-state index contributed by atoms with van der Waals surface area (Å²) in [5, 5.41) is 2.77. The van der Waals surface area contributed by atoms with Crippen LogP contribution >= 0.6 is 0 Å². The predicted molar refractivity (Wildman–Crippen MR) is 94.9 cm³/mol. The first kappa shape index (κ1) is 19.6. The van der Waals surface area contributed by atoms with Crippen LogP contribution in [0.15, 0.2) is 10.9 Å². The molecule has 1 aliphatic heterocycles. The Morgan fingerprint density at radius 3 is 2.84 bits per heavy atom. The van der Waals surface area contributed by atoms with Gasteiger partial charge in [-0.25, -0.2) is 17.5 Å². The van der Waals surface area contributed by atoms with Crippen LogP contribution in [0.5, 0.6) is 0 Å². The van der Waals surface area contributed by atoms with Gasteiger partial charge in [-0.05, 0) is 37.2 Å². The molecule has 2 heterocycles. The number of carbonyl (C=O) groups excluding carboxylic acids is 1. The second-order valence-corrected chi connectivity index (χ2v) is 9.02. The molecule has 0 spiro atoms. The quantitative estimate of drug-likeness (QED) is 0.751. The van der Waals surface area contributed by atoms with Crippen LogP contribution in [0.2, 0.25) is 0 Å². The first-order chi connectivity index (χ1) is 11.6. The standard InChI is InChI=1S/C16H26N4O4S/c1-11(2)7-13-8-14(19-16(22)18-13)15(21)17-9-12-5-4-6-20(10-12)25(3,23)24/h8,11-12H,4-7,9-10H2,1-3H3,(H,17,21)(H,18,19,22)/t12-/m1/s1. The molecule has 0 radical (unpaired) electrons. The monoisotopic (exact) mass is 370 g/mol. The van der Waals surface area contributed by atoms with Gasteiger partial charge in [-0.15, -0.1) is 0 Å². The lowest BCUT2D eigenvalue weighted by molar-refractivity contribution is 0.0936. The maximum absolute atomic E-state index is 12.3. The Kier molecular flexibility index (Phi) is 6.34. The molecule has 2 rings (SSSR count). The number of sulfonamides is 1. The third-order valence-electron chi connectivity index (χ3n) is 4.16. The van der Waals surface area contributed by atoms with Crippen LogP contribution in [0.4, 0.5) is 0 Å². The minimum absolute atomic E-state index is 0.0598. The van der Waals surface area contributed by atoms with Crippen molar-refractivity contribution in [2.24, 2.45) is 11.8 Å². The zero-order valence-corrected chi connectivity index (χ0v) is 15.7. The topological polar surface area (TPSA) is 112 Å². The fourth-order valence-electron chi connectivity index (χ4n) is 3.00. The van der Waals surface area contributed by atoms with Crippen molar-refractivity contribution in [3.63, 3.8) is 0 Å². The molecule has 9 heteroatoms. The maximum atomic E-state index is 12.3. The van der Waals surface area contributed by atoms with Gasteiger partial charge in [-0.3, -0.25) is 4.79 Å². The summed E-state index contributed by atoms with van der Waals surface area (Å²) in [7, 11) is -3.21. The summed E-state index contributed by atoms with van der Waals surface area (Å²) in [5.74, 6) is -0.00434. The number of hydrogen-bond donors (Lipinski definition) is 2. The van der Waals surface area contributed by atoms with E-state index >= 15 is 0 Å². The summed E-state index contributed by atoms with van der Waals surface area (Å²) in [5.41, 5.74) is 0.237. The lowest BCUT2D eigenvalue weighted by Crippen LogP contribution is -2.43. The van der Waals surface area contributed by atoms with E-state index in [9.17, 15) is 18.0 Å². The second kappa shape index (κ2) is 8.09. The van der Waals surface area contributed by atoms with E-state index in [4.69, 9.17) is 0 Å². The molecule has 0 bridgehead atoms. The zero-order valence-electron chi connectivity index (χ0n) is 14.9. The Morgan fingerprint density at radius 2 is 2.20 bits per heavy atom. The Morgan fingerprint density at radius 1 is 1.48 bits per heavy atom. The van der Waals surface area contributed by atoms with Gasteiger partial charge >= 0.3 is 5.69 Å². The van der Waals surface area contributed by atoms with Crippen LogP contribution in [0.25, 0.3) is 0 Å². The van der Waals surface area contributed by atoms with Gasteiger partial charge in [0.1, 0.15) is 5.69 Å². The molecule has 0 aromatic carbocycles. The van der Waals surface area contributed by atoms with E-state index in [-0.39, 0.29) is 11.6 Å². The summed E-state index contributed by atoms with van der Waals surface area (Å²) in [6.45, 7) is 5.33. The third-order valence-corrected chi connectivity index (χ3v) is 5.43. The normalized spacial score (nSPS) is 19.1. The molecule has 8 nitrogen and oxygen atoms in total. The molecule has 0 saturated carbocycles. The lowest BCUT2D eigenvalue weighted by atomic mass is 9.99. The minimum atomic E-state index is -3.21. The van der Waals surface area contributed by atoms with E-state index in [1.165, 1.54) is 10.6 Å². The van der Waals surface area contributed by atoms with Crippen molar-refractivity contribution in [2.75, 3.05) is 25.9 Å². The van der Waals surface area contributed by atoms with Crippen molar-refractivity contribution in [1.29, 1.82) is 0 Å². The number of piperidine rings is 1. The Balaban J connectivity index is 1.98. The highest BCUT2D eigenvalue weighted by Crippen LogP contribution is 2.18. The number of aromatic amines is 1. The summed E-state index contributed by atoms with van der Waals surface area (Å²) in [6.07, 6.45) is 3.48. The molecule has 1 amide bonds. The Hall–Kier alpha value is -1.74. The van der Waals surface area contributed by atoms with Gasteiger partial charge in [0.05, 0.1) is 6.26 Å². The van der Waals surface area contributed by atoms with Gasteiger partial charge in [0, 0.05) is 25.3 Å². The predicted octanol–water partition coefficient (Wildman–Crippen LogP) is 0.370. The number of nitrogens with zero attached hydrogens (tertiary/aromatic N) is 2. The molecule has 0 aliphatic carbocycles. The van der Waals surface area contributed by atoms with Crippen LogP contribution in [0.3, 0.4) is 0 Å². The molecule has 2 N–H and O–H groups in total. The lowest BCUT2D eigenvalue weighted by Gasteiger charge is -2.30. The summed E-state index contributed by atoms with van der Waals surface area (Å²) >= 11 is 0. The molecule has 1 aromatic rings. The SMILES string of the molecule is CC(C)Cc1cc(C(=O)NC[C@H]2CCCN(S(C)(=O)=O)C2)nc(=O)[nH]1. The number of H-pyrrole nitrogens is 1. The van der Waals surface area contributed by atoms with Gasteiger partial charge in [0.2, 0.25) is 10.0 Å². The van der Waals surface area contributed by atoms with Crippen molar-refractivity contribution in [2.45, 2.75) is 33.1 Å². The largest absolute Gasteiger partial charge is 0.350 e. The highest BCUT2D eigenvalue weighted by Gasteiger charge is 2.26. The zero-order chi connectivity index (χ0) is 18.6. The number of rotatable bonds is 6.